The van der Waals surface area contributed by atoms with Crippen molar-refractivity contribution >= 4 is 16.9 Å². The van der Waals surface area contributed by atoms with Gasteiger partial charge in [-0.25, -0.2) is 4.79 Å². The first-order chi connectivity index (χ1) is 14.5. The minimum absolute atomic E-state index is 0.102. The number of benzene rings is 2. The van der Waals surface area contributed by atoms with Gasteiger partial charge in [0.1, 0.15) is 11.3 Å². The molecule has 0 unspecified atom stereocenters. The van der Waals surface area contributed by atoms with E-state index >= 15 is 0 Å². The molecule has 4 rings (SSSR count). The zero-order valence-electron chi connectivity index (χ0n) is 16.9. The van der Waals surface area contributed by atoms with Crippen molar-refractivity contribution in [3.63, 3.8) is 0 Å². The van der Waals surface area contributed by atoms with Crippen LogP contribution in [0.2, 0.25) is 0 Å². The molecular formula is C24H25NO5. The molecule has 2 aromatic carbocycles. The molecule has 1 heterocycles. The quantitative estimate of drug-likeness (QED) is 0.613. The number of hydrogen-bond acceptors (Lipinski definition) is 5. The fourth-order valence-electron chi connectivity index (χ4n) is 3.98. The predicted octanol–water partition coefficient (Wildman–Crippen LogP) is 3.21. The number of carbonyl (C=O) groups is 1. The van der Waals surface area contributed by atoms with Crippen molar-refractivity contribution in [3.8, 4) is 5.75 Å². The lowest BCUT2D eigenvalue weighted by Crippen LogP contribution is -2.32. The Labute approximate surface area is 174 Å². The Morgan fingerprint density at radius 3 is 2.67 bits per heavy atom. The molecule has 0 bridgehead atoms. The van der Waals surface area contributed by atoms with Crippen molar-refractivity contribution in [1.29, 1.82) is 0 Å². The molecule has 6 nitrogen and oxygen atoms in total. The number of ether oxygens (including phenoxy) is 1. The van der Waals surface area contributed by atoms with Crippen molar-refractivity contribution in [3.05, 3.63) is 75.1 Å². The van der Waals surface area contributed by atoms with Crippen LogP contribution >= 0.6 is 0 Å². The van der Waals surface area contributed by atoms with Gasteiger partial charge in [-0.05, 0) is 61.4 Å². The number of carbonyl (C=O) groups excluding carboxylic acids is 1. The first-order valence-electron chi connectivity index (χ1n) is 10.2. The van der Waals surface area contributed by atoms with Crippen LogP contribution in [0.5, 0.6) is 5.75 Å². The Balaban J connectivity index is 1.50. The Bertz CT molecular complexity index is 1120. The normalized spacial score (nSPS) is 14.2. The molecule has 0 radical (unpaired) electrons. The number of hydrogen-bond donors (Lipinski definition) is 2. The van der Waals surface area contributed by atoms with Gasteiger partial charge >= 0.3 is 5.63 Å². The summed E-state index contributed by atoms with van der Waals surface area (Å²) in [6.07, 6.45) is 2.70. The number of amides is 1. The highest BCUT2D eigenvalue weighted by Gasteiger charge is 2.21. The van der Waals surface area contributed by atoms with Crippen LogP contribution in [0.25, 0.3) is 11.0 Å². The fraction of sp³-hybridized carbons (Fsp3) is 0.333. The molecule has 1 atom stereocenters. The summed E-state index contributed by atoms with van der Waals surface area (Å²) in [6, 6.07) is 12.9. The van der Waals surface area contributed by atoms with E-state index in [9.17, 15) is 14.7 Å². The molecule has 6 heteroatoms. The number of nitrogens with one attached hydrogen (secondary N) is 1. The van der Waals surface area contributed by atoms with Gasteiger partial charge in [-0.1, -0.05) is 30.3 Å². The van der Waals surface area contributed by atoms with E-state index in [0.29, 0.717) is 17.8 Å². The average Bonchev–Trinajstić information content (AvgIpc) is 2.76. The summed E-state index contributed by atoms with van der Waals surface area (Å²) in [5, 5.41) is 13.7. The van der Waals surface area contributed by atoms with E-state index in [4.69, 9.17) is 9.15 Å². The average molecular weight is 407 g/mol. The molecule has 2 N–H and O–H groups in total. The second-order valence-corrected chi connectivity index (χ2v) is 7.71. The van der Waals surface area contributed by atoms with Crippen LogP contribution in [0.1, 0.15) is 41.2 Å². The third-order valence-electron chi connectivity index (χ3n) is 5.46. The SMILES string of the molecule is Cc1cc(OCC(=O)NC[C@H](O)c2ccccc2)c2c3c(c(=O)oc2c1)CCCC3. The number of fused-ring (bicyclic) bond motifs is 3. The Kier molecular flexibility index (Phi) is 5.86. The smallest absolute Gasteiger partial charge is 0.339 e. The summed E-state index contributed by atoms with van der Waals surface area (Å²) in [5.41, 5.74) is 3.54. The van der Waals surface area contributed by atoms with Crippen molar-refractivity contribution in [2.45, 2.75) is 38.7 Å². The lowest BCUT2D eigenvalue weighted by Gasteiger charge is -2.19. The van der Waals surface area contributed by atoms with E-state index in [2.05, 4.69) is 5.32 Å². The van der Waals surface area contributed by atoms with E-state index in [1.54, 1.807) is 0 Å². The van der Waals surface area contributed by atoms with Gasteiger partial charge < -0.3 is 19.6 Å². The third-order valence-corrected chi connectivity index (χ3v) is 5.46. The molecule has 1 amide bonds. The minimum Gasteiger partial charge on any atom is -0.483 e. The second kappa shape index (κ2) is 8.71. The molecule has 0 aliphatic heterocycles. The zero-order chi connectivity index (χ0) is 21.1. The minimum atomic E-state index is -0.781. The van der Waals surface area contributed by atoms with Crippen LogP contribution < -0.4 is 15.7 Å². The predicted molar refractivity (Wildman–Crippen MR) is 114 cm³/mol. The molecule has 0 saturated carbocycles. The molecule has 1 aromatic heterocycles. The Morgan fingerprint density at radius 1 is 1.17 bits per heavy atom. The first-order valence-corrected chi connectivity index (χ1v) is 10.2. The van der Waals surface area contributed by atoms with E-state index in [-0.39, 0.29) is 24.7 Å². The van der Waals surface area contributed by atoms with Gasteiger partial charge in [0.05, 0.1) is 11.5 Å². The van der Waals surface area contributed by atoms with Crippen LogP contribution in [0.4, 0.5) is 0 Å². The van der Waals surface area contributed by atoms with E-state index in [1.165, 1.54) is 0 Å². The number of aliphatic hydroxyl groups is 1. The van der Waals surface area contributed by atoms with Crippen LogP contribution in [0, 0.1) is 6.92 Å². The number of aliphatic hydroxyl groups excluding tert-OH is 1. The Morgan fingerprint density at radius 2 is 1.90 bits per heavy atom. The van der Waals surface area contributed by atoms with Gasteiger partial charge in [-0.2, -0.15) is 0 Å². The molecule has 0 spiro atoms. The van der Waals surface area contributed by atoms with Gasteiger partial charge in [0.2, 0.25) is 0 Å². The number of aryl methyl sites for hydroxylation is 2. The van der Waals surface area contributed by atoms with Crippen LogP contribution in [0.3, 0.4) is 0 Å². The molecule has 1 aliphatic carbocycles. The highest BCUT2D eigenvalue weighted by atomic mass is 16.5. The van der Waals surface area contributed by atoms with Crippen molar-refractivity contribution in [2.24, 2.45) is 0 Å². The van der Waals surface area contributed by atoms with Crippen LogP contribution in [-0.2, 0) is 17.6 Å². The van der Waals surface area contributed by atoms with Crippen LogP contribution in [-0.4, -0.2) is 24.2 Å². The molecule has 3 aromatic rings. The topological polar surface area (TPSA) is 88.8 Å². The van der Waals surface area contributed by atoms with E-state index in [1.807, 2.05) is 49.4 Å². The number of rotatable bonds is 6. The molecule has 30 heavy (non-hydrogen) atoms. The largest absolute Gasteiger partial charge is 0.483 e. The fourth-order valence-corrected chi connectivity index (χ4v) is 3.98. The molecule has 1 aliphatic rings. The van der Waals surface area contributed by atoms with Gasteiger partial charge in [0, 0.05) is 12.1 Å². The van der Waals surface area contributed by atoms with E-state index < -0.39 is 6.10 Å². The highest BCUT2D eigenvalue weighted by Crippen LogP contribution is 2.34. The summed E-state index contributed by atoms with van der Waals surface area (Å²) >= 11 is 0. The lowest BCUT2D eigenvalue weighted by atomic mass is 9.90. The maximum Gasteiger partial charge on any atom is 0.339 e. The highest BCUT2D eigenvalue weighted by molar-refractivity contribution is 5.89. The summed E-state index contributed by atoms with van der Waals surface area (Å²) in [4.78, 5) is 24.6. The summed E-state index contributed by atoms with van der Waals surface area (Å²) in [5.74, 6) is 0.219. The summed E-state index contributed by atoms with van der Waals surface area (Å²) in [7, 11) is 0. The zero-order valence-corrected chi connectivity index (χ0v) is 16.9. The summed E-state index contributed by atoms with van der Waals surface area (Å²) < 4.78 is 11.4. The van der Waals surface area contributed by atoms with Gasteiger partial charge in [-0.15, -0.1) is 0 Å². The van der Waals surface area contributed by atoms with Crippen LogP contribution in [0.15, 0.2) is 51.7 Å². The van der Waals surface area contributed by atoms with E-state index in [0.717, 1.165) is 46.9 Å². The van der Waals surface area contributed by atoms with Crippen molar-refractivity contribution in [2.75, 3.05) is 13.2 Å². The van der Waals surface area contributed by atoms with Crippen molar-refractivity contribution in [1.82, 2.24) is 5.32 Å². The third kappa shape index (κ3) is 4.24. The van der Waals surface area contributed by atoms with Gasteiger partial charge in [0.15, 0.2) is 6.61 Å². The van der Waals surface area contributed by atoms with Gasteiger partial charge in [-0.3, -0.25) is 4.79 Å². The second-order valence-electron chi connectivity index (χ2n) is 7.71. The Hall–Kier alpha value is -3.12. The maximum absolute atomic E-state index is 12.3. The molecule has 156 valence electrons. The van der Waals surface area contributed by atoms with Crippen molar-refractivity contribution < 1.29 is 19.1 Å². The molecule has 0 saturated heterocycles. The van der Waals surface area contributed by atoms with Gasteiger partial charge in [0.25, 0.3) is 5.91 Å². The summed E-state index contributed by atoms with van der Waals surface area (Å²) in [6.45, 7) is 1.81. The lowest BCUT2D eigenvalue weighted by molar-refractivity contribution is -0.123. The molecule has 0 fully saturated rings. The monoisotopic (exact) mass is 407 g/mol. The molecular weight excluding hydrogens is 382 g/mol. The maximum atomic E-state index is 12.3. The first kappa shape index (κ1) is 20.2. The standard InChI is InChI=1S/C24H25NO5/c1-15-11-20(23-17-9-5-6-10-18(17)24(28)30-21(23)12-15)29-14-22(27)25-13-19(26)16-7-3-2-4-8-16/h2-4,7-8,11-12,19,26H,5-6,9-10,13-14H2,1H3,(H,25,27)/t19-/m0/s1.